The third kappa shape index (κ3) is 16.9. The van der Waals surface area contributed by atoms with Gasteiger partial charge in [0.05, 0.1) is 0 Å². The van der Waals surface area contributed by atoms with Gasteiger partial charge in [-0.25, -0.2) is 0 Å². The molecule has 1 unspecified atom stereocenters. The third-order valence-electron chi connectivity index (χ3n) is 3.87. The van der Waals surface area contributed by atoms with Gasteiger partial charge in [0.2, 0.25) is 0 Å². The molecular weight excluding hydrogens is 391 g/mol. The molecule has 0 aromatic heterocycles. The topological polar surface area (TPSA) is 17.1 Å². The molecule has 1 atom stereocenters. The van der Waals surface area contributed by atoms with Crippen molar-refractivity contribution in [2.24, 2.45) is 11.8 Å². The Kier molecular flexibility index (Phi) is 16.2. The standard InChI is InChI=1S/C18H35IOS/c1-16(2)10-9-11-17(3)13-15-21-18(20)12-7-5-4-6-8-14-19/h16-17H,4-15H2,1-3H3. The van der Waals surface area contributed by atoms with Crippen LogP contribution in [-0.2, 0) is 4.79 Å². The van der Waals surface area contributed by atoms with Gasteiger partial charge in [-0.05, 0) is 35.5 Å². The highest BCUT2D eigenvalue weighted by Gasteiger charge is 2.06. The van der Waals surface area contributed by atoms with Gasteiger partial charge in [-0.1, -0.05) is 93.6 Å². The van der Waals surface area contributed by atoms with Crippen LogP contribution in [-0.4, -0.2) is 15.3 Å². The number of hydrogen-bond donors (Lipinski definition) is 0. The highest BCUT2D eigenvalue weighted by atomic mass is 127. The number of halogens is 1. The molecule has 0 aliphatic heterocycles. The van der Waals surface area contributed by atoms with Crippen molar-refractivity contribution in [3.63, 3.8) is 0 Å². The summed E-state index contributed by atoms with van der Waals surface area (Å²) in [5.74, 6) is 2.62. The Hall–Kier alpha value is 0.750. The van der Waals surface area contributed by atoms with E-state index in [9.17, 15) is 4.79 Å². The van der Waals surface area contributed by atoms with E-state index in [2.05, 4.69) is 43.4 Å². The van der Waals surface area contributed by atoms with Gasteiger partial charge >= 0.3 is 0 Å². The average Bonchev–Trinajstić information content (AvgIpc) is 2.42. The van der Waals surface area contributed by atoms with Crippen molar-refractivity contribution in [2.75, 3.05) is 10.2 Å². The van der Waals surface area contributed by atoms with Gasteiger partial charge < -0.3 is 0 Å². The molecule has 21 heavy (non-hydrogen) atoms. The predicted octanol–water partition coefficient (Wildman–Crippen LogP) is 6.87. The summed E-state index contributed by atoms with van der Waals surface area (Å²) < 4.78 is 1.27. The van der Waals surface area contributed by atoms with Crippen LogP contribution >= 0.6 is 34.4 Å². The van der Waals surface area contributed by atoms with Gasteiger partial charge in [0, 0.05) is 12.2 Å². The number of carbonyl (C=O) groups excluding carboxylic acids is 1. The van der Waals surface area contributed by atoms with Crippen LogP contribution < -0.4 is 0 Å². The minimum absolute atomic E-state index is 0.415. The van der Waals surface area contributed by atoms with Gasteiger partial charge in [0.25, 0.3) is 0 Å². The van der Waals surface area contributed by atoms with Gasteiger partial charge in [-0.2, -0.15) is 0 Å². The van der Waals surface area contributed by atoms with E-state index in [1.165, 1.54) is 55.8 Å². The molecule has 0 radical (unpaired) electrons. The number of alkyl halides is 1. The summed E-state index contributed by atoms with van der Waals surface area (Å²) in [5, 5.41) is 0.415. The van der Waals surface area contributed by atoms with Gasteiger partial charge in [0.15, 0.2) is 5.12 Å². The number of carbonyl (C=O) groups is 1. The predicted molar refractivity (Wildman–Crippen MR) is 107 cm³/mol. The largest absolute Gasteiger partial charge is 0.287 e. The fraction of sp³-hybridized carbons (Fsp3) is 0.944. The molecule has 1 nitrogen and oxygen atoms in total. The Balaban J connectivity index is 3.36. The summed E-state index contributed by atoms with van der Waals surface area (Å²) >= 11 is 4.01. The lowest BCUT2D eigenvalue weighted by Gasteiger charge is -2.11. The molecule has 0 amide bonds. The molecule has 0 aliphatic rings. The van der Waals surface area contributed by atoms with E-state index in [4.69, 9.17) is 0 Å². The van der Waals surface area contributed by atoms with Crippen molar-refractivity contribution in [1.82, 2.24) is 0 Å². The maximum absolute atomic E-state index is 11.8. The lowest BCUT2D eigenvalue weighted by atomic mass is 9.98. The third-order valence-corrected chi connectivity index (χ3v) is 5.60. The molecule has 0 fully saturated rings. The van der Waals surface area contributed by atoms with Gasteiger partial charge in [-0.15, -0.1) is 0 Å². The molecule has 3 heteroatoms. The first kappa shape index (κ1) is 21.8. The molecular formula is C18H35IOS. The Bertz CT molecular complexity index is 243. The Morgan fingerprint density at radius 1 is 0.905 bits per heavy atom. The van der Waals surface area contributed by atoms with Crippen molar-refractivity contribution >= 4 is 39.5 Å². The quantitative estimate of drug-likeness (QED) is 0.171. The minimum Gasteiger partial charge on any atom is -0.287 e. The van der Waals surface area contributed by atoms with E-state index < -0.39 is 0 Å². The molecule has 0 rings (SSSR count). The number of rotatable bonds is 14. The molecule has 0 saturated heterocycles. The maximum Gasteiger partial charge on any atom is 0.188 e. The van der Waals surface area contributed by atoms with Crippen LogP contribution in [0, 0.1) is 11.8 Å². The molecule has 0 heterocycles. The molecule has 0 aliphatic carbocycles. The van der Waals surface area contributed by atoms with Gasteiger partial charge in [-0.3, -0.25) is 4.79 Å². The van der Waals surface area contributed by atoms with Crippen LogP contribution in [0.15, 0.2) is 0 Å². The summed E-state index contributed by atoms with van der Waals surface area (Å²) in [7, 11) is 0. The number of thioether (sulfide) groups is 1. The smallest absolute Gasteiger partial charge is 0.188 e. The summed E-state index contributed by atoms with van der Waals surface area (Å²) in [6.07, 6.45) is 12.3. The number of unbranched alkanes of at least 4 members (excludes halogenated alkanes) is 4. The zero-order valence-electron chi connectivity index (χ0n) is 14.3. The fourth-order valence-corrected chi connectivity index (χ4v) is 3.94. The first-order valence-electron chi connectivity index (χ1n) is 8.77. The lowest BCUT2D eigenvalue weighted by Crippen LogP contribution is -2.00. The van der Waals surface area contributed by atoms with Crippen LogP contribution in [0.3, 0.4) is 0 Å². The SMILES string of the molecule is CC(C)CCCC(C)CCSC(=O)CCCCCCCI. The second-order valence-electron chi connectivity index (χ2n) is 6.65. The van der Waals surface area contributed by atoms with E-state index in [-0.39, 0.29) is 0 Å². The second-order valence-corrected chi connectivity index (χ2v) is 8.88. The minimum atomic E-state index is 0.415. The summed E-state index contributed by atoms with van der Waals surface area (Å²) in [6.45, 7) is 6.92. The fourth-order valence-electron chi connectivity index (χ4n) is 2.36. The average molecular weight is 426 g/mol. The Morgan fingerprint density at radius 3 is 2.24 bits per heavy atom. The summed E-state index contributed by atoms with van der Waals surface area (Å²) in [4.78, 5) is 11.8. The summed E-state index contributed by atoms with van der Waals surface area (Å²) in [6, 6.07) is 0. The van der Waals surface area contributed by atoms with E-state index >= 15 is 0 Å². The molecule has 0 N–H and O–H groups in total. The summed E-state index contributed by atoms with van der Waals surface area (Å²) in [5.41, 5.74) is 0. The van der Waals surface area contributed by atoms with Crippen LogP contribution in [0.1, 0.15) is 85.0 Å². The van der Waals surface area contributed by atoms with E-state index in [0.717, 1.165) is 30.4 Å². The van der Waals surface area contributed by atoms with Crippen molar-refractivity contribution in [3.05, 3.63) is 0 Å². The van der Waals surface area contributed by atoms with Crippen molar-refractivity contribution in [3.8, 4) is 0 Å². The Labute approximate surface area is 150 Å². The maximum atomic E-state index is 11.8. The van der Waals surface area contributed by atoms with E-state index in [1.807, 2.05) is 0 Å². The van der Waals surface area contributed by atoms with E-state index in [0.29, 0.717) is 5.12 Å². The lowest BCUT2D eigenvalue weighted by molar-refractivity contribution is -0.111. The van der Waals surface area contributed by atoms with Crippen molar-refractivity contribution in [1.29, 1.82) is 0 Å². The second kappa shape index (κ2) is 15.6. The molecule has 0 bridgehead atoms. The zero-order valence-corrected chi connectivity index (χ0v) is 17.3. The molecule has 0 aromatic carbocycles. The number of hydrogen-bond acceptors (Lipinski definition) is 2. The molecule has 0 aromatic rings. The normalized spacial score (nSPS) is 12.8. The zero-order chi connectivity index (χ0) is 15.9. The first-order chi connectivity index (χ1) is 10.1. The van der Waals surface area contributed by atoms with Crippen LogP contribution in [0.4, 0.5) is 0 Å². The van der Waals surface area contributed by atoms with Gasteiger partial charge in [0.1, 0.15) is 0 Å². The highest BCUT2D eigenvalue weighted by molar-refractivity contribution is 14.1. The highest BCUT2D eigenvalue weighted by Crippen LogP contribution is 2.19. The molecule has 0 spiro atoms. The molecule has 0 saturated carbocycles. The van der Waals surface area contributed by atoms with Crippen LogP contribution in [0.5, 0.6) is 0 Å². The van der Waals surface area contributed by atoms with Crippen LogP contribution in [0.25, 0.3) is 0 Å². The van der Waals surface area contributed by atoms with E-state index in [1.54, 1.807) is 11.8 Å². The Morgan fingerprint density at radius 2 is 1.57 bits per heavy atom. The van der Waals surface area contributed by atoms with Crippen molar-refractivity contribution < 1.29 is 4.79 Å². The monoisotopic (exact) mass is 426 g/mol. The van der Waals surface area contributed by atoms with Crippen LogP contribution in [0.2, 0.25) is 0 Å². The first-order valence-corrected chi connectivity index (χ1v) is 11.3. The molecule has 126 valence electrons. The van der Waals surface area contributed by atoms with Crippen molar-refractivity contribution in [2.45, 2.75) is 85.0 Å².